The molecule has 2 heterocycles. The molecule has 0 unspecified atom stereocenters. The maximum atomic E-state index is 6.13. The van der Waals surface area contributed by atoms with Crippen LogP contribution in [0, 0.1) is 11.3 Å². The summed E-state index contributed by atoms with van der Waals surface area (Å²) < 4.78 is 5.76. The van der Waals surface area contributed by atoms with Crippen LogP contribution < -0.4 is 4.90 Å². The lowest BCUT2D eigenvalue weighted by molar-refractivity contribution is -0.0680. The zero-order chi connectivity index (χ0) is 16.7. The van der Waals surface area contributed by atoms with E-state index >= 15 is 0 Å². The molecule has 0 amide bonds. The molecule has 2 aromatic rings. The molecule has 24 heavy (non-hydrogen) atoms. The van der Waals surface area contributed by atoms with E-state index in [0.717, 1.165) is 18.8 Å². The van der Waals surface area contributed by atoms with Gasteiger partial charge in [-0.25, -0.2) is 0 Å². The van der Waals surface area contributed by atoms with Crippen LogP contribution in [-0.4, -0.2) is 25.2 Å². The predicted molar refractivity (Wildman–Crippen MR) is 97.8 cm³/mol. The van der Waals surface area contributed by atoms with E-state index < -0.39 is 0 Å². The van der Waals surface area contributed by atoms with Crippen molar-refractivity contribution in [3.05, 3.63) is 58.3 Å². The van der Waals surface area contributed by atoms with E-state index in [0.29, 0.717) is 21.4 Å². The Morgan fingerprint density at radius 2 is 2.00 bits per heavy atom. The number of ether oxygens (including phenoxy) is 1. The number of methoxy groups -OCH3 is 1. The fourth-order valence-electron chi connectivity index (χ4n) is 4.30. The SMILES string of the molecule is CO[C@H](c1cccnc1)C1CC2(C1)CN(c1ccc(Cl)c(Cl)c1)C2. The van der Waals surface area contributed by atoms with Crippen molar-refractivity contribution < 1.29 is 4.74 Å². The van der Waals surface area contributed by atoms with Crippen molar-refractivity contribution in [2.45, 2.75) is 18.9 Å². The minimum absolute atomic E-state index is 0.156. The van der Waals surface area contributed by atoms with Crippen LogP contribution in [0.2, 0.25) is 10.0 Å². The molecule has 1 aliphatic heterocycles. The van der Waals surface area contributed by atoms with Gasteiger partial charge < -0.3 is 9.64 Å². The van der Waals surface area contributed by atoms with E-state index in [2.05, 4.69) is 16.0 Å². The highest BCUT2D eigenvalue weighted by molar-refractivity contribution is 6.42. The van der Waals surface area contributed by atoms with Crippen LogP contribution in [0.15, 0.2) is 42.7 Å². The Balaban J connectivity index is 1.37. The number of benzene rings is 1. The lowest BCUT2D eigenvalue weighted by Crippen LogP contribution is -2.63. The lowest BCUT2D eigenvalue weighted by Gasteiger charge is -2.61. The van der Waals surface area contributed by atoms with Gasteiger partial charge in [0.2, 0.25) is 0 Å². The topological polar surface area (TPSA) is 25.4 Å². The summed E-state index contributed by atoms with van der Waals surface area (Å²) in [5.41, 5.74) is 2.78. The van der Waals surface area contributed by atoms with Gasteiger partial charge in [0.1, 0.15) is 0 Å². The van der Waals surface area contributed by atoms with Gasteiger partial charge in [0.25, 0.3) is 0 Å². The van der Waals surface area contributed by atoms with E-state index in [9.17, 15) is 0 Å². The summed E-state index contributed by atoms with van der Waals surface area (Å²) in [6.45, 7) is 2.18. The number of anilines is 1. The summed E-state index contributed by atoms with van der Waals surface area (Å²) in [6.07, 6.45) is 6.29. The second kappa shape index (κ2) is 6.21. The van der Waals surface area contributed by atoms with Gasteiger partial charge in [0.05, 0.1) is 16.1 Å². The van der Waals surface area contributed by atoms with E-state index in [-0.39, 0.29) is 6.10 Å². The van der Waals surface area contributed by atoms with Crippen molar-refractivity contribution >= 4 is 28.9 Å². The molecule has 126 valence electrons. The van der Waals surface area contributed by atoms with Crippen molar-refractivity contribution in [3.63, 3.8) is 0 Å². The molecule has 1 saturated carbocycles. The molecule has 3 nitrogen and oxygen atoms in total. The van der Waals surface area contributed by atoms with Crippen molar-refractivity contribution in [1.29, 1.82) is 0 Å². The molecule has 1 saturated heterocycles. The quantitative estimate of drug-likeness (QED) is 0.765. The third-order valence-corrected chi connectivity index (χ3v) is 6.15. The fraction of sp³-hybridized carbons (Fsp3) is 0.421. The van der Waals surface area contributed by atoms with Gasteiger partial charge in [-0.15, -0.1) is 0 Å². The van der Waals surface area contributed by atoms with Crippen LogP contribution in [-0.2, 0) is 4.74 Å². The average Bonchev–Trinajstić information content (AvgIpc) is 2.52. The number of hydrogen-bond acceptors (Lipinski definition) is 3. The third kappa shape index (κ3) is 2.79. The third-order valence-electron chi connectivity index (χ3n) is 5.41. The molecule has 2 fully saturated rings. The van der Waals surface area contributed by atoms with Crippen LogP contribution in [0.5, 0.6) is 0 Å². The zero-order valence-electron chi connectivity index (χ0n) is 13.6. The average molecular weight is 363 g/mol. The smallest absolute Gasteiger partial charge is 0.0864 e. The van der Waals surface area contributed by atoms with Crippen molar-refractivity contribution in [2.75, 3.05) is 25.1 Å². The van der Waals surface area contributed by atoms with E-state index in [1.807, 2.05) is 30.5 Å². The highest BCUT2D eigenvalue weighted by Crippen LogP contribution is 2.57. The van der Waals surface area contributed by atoms with Crippen molar-refractivity contribution in [1.82, 2.24) is 4.98 Å². The Bertz CT molecular complexity index is 723. The van der Waals surface area contributed by atoms with Crippen LogP contribution in [0.1, 0.15) is 24.5 Å². The van der Waals surface area contributed by atoms with E-state index in [1.54, 1.807) is 13.3 Å². The largest absolute Gasteiger partial charge is 0.376 e. The molecule has 0 radical (unpaired) electrons. The summed E-state index contributed by atoms with van der Waals surface area (Å²) in [5.74, 6) is 0.579. The normalized spacial score (nSPS) is 20.5. The molecule has 1 aromatic heterocycles. The second-order valence-corrected chi connectivity index (χ2v) is 7.88. The monoisotopic (exact) mass is 362 g/mol. The first-order chi connectivity index (χ1) is 11.6. The van der Waals surface area contributed by atoms with Gasteiger partial charge in [-0.05, 0) is 48.6 Å². The highest BCUT2D eigenvalue weighted by Gasteiger charge is 2.54. The Labute approximate surface area is 152 Å². The fourth-order valence-corrected chi connectivity index (χ4v) is 4.59. The zero-order valence-corrected chi connectivity index (χ0v) is 15.1. The molecule has 1 aromatic carbocycles. The molecule has 4 rings (SSSR count). The lowest BCUT2D eigenvalue weighted by atomic mass is 9.55. The Morgan fingerprint density at radius 3 is 2.62 bits per heavy atom. The molecular formula is C19H20Cl2N2O. The van der Waals surface area contributed by atoms with Crippen LogP contribution in [0.4, 0.5) is 5.69 Å². The Kier molecular flexibility index (Phi) is 4.19. The van der Waals surface area contributed by atoms with Gasteiger partial charge in [-0.1, -0.05) is 29.3 Å². The summed E-state index contributed by atoms with van der Waals surface area (Å²) in [6, 6.07) is 9.96. The van der Waals surface area contributed by atoms with E-state index in [1.165, 1.54) is 18.4 Å². The first-order valence-electron chi connectivity index (χ1n) is 8.23. The van der Waals surface area contributed by atoms with Gasteiger partial charge >= 0.3 is 0 Å². The van der Waals surface area contributed by atoms with Gasteiger partial charge in [0.15, 0.2) is 0 Å². The number of hydrogen-bond donors (Lipinski definition) is 0. The molecule has 1 atom stereocenters. The van der Waals surface area contributed by atoms with Crippen molar-refractivity contribution in [2.24, 2.45) is 11.3 Å². The van der Waals surface area contributed by atoms with Crippen molar-refractivity contribution in [3.8, 4) is 0 Å². The van der Waals surface area contributed by atoms with Gasteiger partial charge in [-0.3, -0.25) is 4.98 Å². The Hall–Kier alpha value is -1.29. The molecular weight excluding hydrogens is 343 g/mol. The molecule has 2 aliphatic rings. The first kappa shape index (κ1) is 16.2. The molecule has 1 aliphatic carbocycles. The van der Waals surface area contributed by atoms with Crippen LogP contribution >= 0.6 is 23.2 Å². The van der Waals surface area contributed by atoms with Gasteiger partial charge in [-0.2, -0.15) is 0 Å². The summed E-state index contributed by atoms with van der Waals surface area (Å²) in [7, 11) is 1.80. The van der Waals surface area contributed by atoms with Crippen LogP contribution in [0.25, 0.3) is 0 Å². The van der Waals surface area contributed by atoms with Gasteiger partial charge in [0, 0.05) is 43.7 Å². The standard InChI is InChI=1S/C19H20Cl2N2O/c1-24-18(13-3-2-6-22-10-13)14-8-19(9-14)11-23(12-19)15-4-5-16(20)17(21)7-15/h2-7,10,14,18H,8-9,11-12H2,1H3/t18-/m1/s1. The minimum Gasteiger partial charge on any atom is -0.376 e. The summed E-state index contributed by atoms with van der Waals surface area (Å²) in [4.78, 5) is 6.60. The Morgan fingerprint density at radius 1 is 1.21 bits per heavy atom. The summed E-state index contributed by atoms with van der Waals surface area (Å²) >= 11 is 12.1. The highest BCUT2D eigenvalue weighted by atomic mass is 35.5. The second-order valence-electron chi connectivity index (χ2n) is 7.07. The maximum Gasteiger partial charge on any atom is 0.0864 e. The molecule has 1 spiro atoms. The number of nitrogens with zero attached hydrogens (tertiary/aromatic N) is 2. The number of halogens is 2. The van der Waals surface area contributed by atoms with Crippen LogP contribution in [0.3, 0.4) is 0 Å². The minimum atomic E-state index is 0.156. The summed E-state index contributed by atoms with van der Waals surface area (Å²) in [5, 5.41) is 1.23. The predicted octanol–water partition coefficient (Wildman–Crippen LogP) is 4.99. The first-order valence-corrected chi connectivity index (χ1v) is 8.99. The number of rotatable bonds is 4. The van der Waals surface area contributed by atoms with E-state index in [4.69, 9.17) is 27.9 Å². The molecule has 0 bridgehead atoms. The number of aromatic nitrogens is 1. The maximum absolute atomic E-state index is 6.13. The number of pyridine rings is 1. The molecule has 5 heteroatoms. The molecule has 0 N–H and O–H groups in total.